The van der Waals surface area contributed by atoms with Gasteiger partial charge in [0.1, 0.15) is 11.8 Å². The van der Waals surface area contributed by atoms with Crippen molar-refractivity contribution in [3.05, 3.63) is 89.5 Å². The number of pyridine rings is 2. The van der Waals surface area contributed by atoms with Gasteiger partial charge in [0.2, 0.25) is 5.91 Å². The number of nitrogens with zero attached hydrogens (tertiary/aromatic N) is 3. The van der Waals surface area contributed by atoms with Crippen molar-refractivity contribution < 1.29 is 14.3 Å². The van der Waals surface area contributed by atoms with Crippen molar-refractivity contribution in [1.82, 2.24) is 14.9 Å². The highest BCUT2D eigenvalue weighted by Gasteiger charge is 2.39. The van der Waals surface area contributed by atoms with Gasteiger partial charge in [-0.05, 0) is 54.3 Å². The minimum Gasteiger partial charge on any atom is -0.497 e. The number of aryl methyl sites for hydroxylation is 1. The summed E-state index contributed by atoms with van der Waals surface area (Å²) in [5.41, 5.74) is 8.88. The van der Waals surface area contributed by atoms with Gasteiger partial charge >= 0.3 is 0 Å². The number of carbonyl (C=O) groups is 2. The molecule has 152 valence electrons. The van der Waals surface area contributed by atoms with Crippen molar-refractivity contribution >= 4 is 11.8 Å². The number of ether oxygens (including phenoxy) is 1. The Bertz CT molecular complexity index is 1060. The molecule has 0 spiro atoms. The van der Waals surface area contributed by atoms with Crippen LogP contribution in [-0.4, -0.2) is 33.8 Å². The van der Waals surface area contributed by atoms with E-state index >= 15 is 0 Å². The van der Waals surface area contributed by atoms with E-state index in [9.17, 15) is 9.59 Å². The van der Waals surface area contributed by atoms with Crippen LogP contribution in [0.5, 0.6) is 5.75 Å². The highest BCUT2D eigenvalue weighted by molar-refractivity contribution is 5.97. The minimum absolute atomic E-state index is 0.301. The molecule has 2 atom stereocenters. The van der Waals surface area contributed by atoms with E-state index in [1.807, 2.05) is 18.2 Å². The minimum atomic E-state index is -0.954. The van der Waals surface area contributed by atoms with E-state index in [-0.39, 0.29) is 11.9 Å². The fourth-order valence-corrected chi connectivity index (χ4v) is 4.06. The lowest BCUT2D eigenvalue weighted by Gasteiger charge is -2.35. The van der Waals surface area contributed by atoms with Gasteiger partial charge in [-0.1, -0.05) is 12.1 Å². The van der Waals surface area contributed by atoms with Gasteiger partial charge < -0.3 is 15.4 Å². The van der Waals surface area contributed by atoms with Crippen LogP contribution in [0, 0.1) is 0 Å². The zero-order valence-electron chi connectivity index (χ0n) is 16.6. The van der Waals surface area contributed by atoms with Crippen molar-refractivity contribution in [2.75, 3.05) is 7.11 Å². The Labute approximate surface area is 174 Å². The summed E-state index contributed by atoms with van der Waals surface area (Å²) in [5.74, 6) is -0.148. The molecule has 1 aromatic carbocycles. The fraction of sp³-hybridized carbons (Fsp3) is 0.217. The Kier molecular flexibility index (Phi) is 5.43. The summed E-state index contributed by atoms with van der Waals surface area (Å²) in [5, 5.41) is 0. The second kappa shape index (κ2) is 8.32. The maximum absolute atomic E-state index is 13.6. The Morgan fingerprint density at radius 3 is 2.53 bits per heavy atom. The summed E-state index contributed by atoms with van der Waals surface area (Å²) in [7, 11) is 1.62. The van der Waals surface area contributed by atoms with Crippen LogP contribution in [0.25, 0.3) is 0 Å². The SMILES string of the molecule is COc1ccc2c(c1)CC[C@H]2N(C(=O)c1cccnc1)[C@@H](C(N)=O)c1cccnc1. The zero-order chi connectivity index (χ0) is 21.1. The monoisotopic (exact) mass is 402 g/mol. The van der Waals surface area contributed by atoms with E-state index in [0.29, 0.717) is 17.5 Å². The maximum Gasteiger partial charge on any atom is 0.256 e. The molecule has 0 saturated carbocycles. The van der Waals surface area contributed by atoms with Crippen LogP contribution in [0.1, 0.15) is 45.6 Å². The molecule has 1 aliphatic carbocycles. The van der Waals surface area contributed by atoms with Gasteiger partial charge in [0.25, 0.3) is 5.91 Å². The number of benzene rings is 1. The Morgan fingerprint density at radius 1 is 1.13 bits per heavy atom. The molecule has 0 aliphatic heterocycles. The molecule has 30 heavy (non-hydrogen) atoms. The largest absolute Gasteiger partial charge is 0.497 e. The third kappa shape index (κ3) is 3.61. The quantitative estimate of drug-likeness (QED) is 0.684. The van der Waals surface area contributed by atoms with E-state index < -0.39 is 11.9 Å². The molecular weight excluding hydrogens is 380 g/mol. The summed E-state index contributed by atoms with van der Waals surface area (Å²) in [6.45, 7) is 0. The number of carbonyl (C=O) groups excluding carboxylic acids is 2. The van der Waals surface area contributed by atoms with E-state index in [1.54, 1.807) is 54.9 Å². The second-order valence-corrected chi connectivity index (χ2v) is 7.16. The lowest BCUT2D eigenvalue weighted by molar-refractivity contribution is -0.123. The van der Waals surface area contributed by atoms with Crippen LogP contribution < -0.4 is 10.5 Å². The van der Waals surface area contributed by atoms with Crippen molar-refractivity contribution in [3.8, 4) is 5.75 Å². The van der Waals surface area contributed by atoms with Crippen LogP contribution in [0.15, 0.2) is 67.3 Å². The normalized spacial score (nSPS) is 15.8. The summed E-state index contributed by atoms with van der Waals surface area (Å²) in [4.78, 5) is 36.0. The van der Waals surface area contributed by atoms with E-state index in [1.165, 1.54) is 6.20 Å². The van der Waals surface area contributed by atoms with Gasteiger partial charge in [0, 0.05) is 30.4 Å². The number of hydrogen-bond donors (Lipinski definition) is 1. The molecule has 0 saturated heterocycles. The highest BCUT2D eigenvalue weighted by atomic mass is 16.5. The van der Waals surface area contributed by atoms with Crippen molar-refractivity contribution in [2.45, 2.75) is 24.9 Å². The third-order valence-corrected chi connectivity index (χ3v) is 5.42. The molecule has 0 bridgehead atoms. The number of hydrogen-bond acceptors (Lipinski definition) is 5. The summed E-state index contributed by atoms with van der Waals surface area (Å²) >= 11 is 0. The van der Waals surface area contributed by atoms with Crippen molar-refractivity contribution in [3.63, 3.8) is 0 Å². The first-order valence-electron chi connectivity index (χ1n) is 9.69. The van der Waals surface area contributed by atoms with Crippen molar-refractivity contribution in [1.29, 1.82) is 0 Å². The van der Waals surface area contributed by atoms with Crippen LogP contribution in [-0.2, 0) is 11.2 Å². The zero-order valence-corrected chi connectivity index (χ0v) is 16.6. The molecule has 4 rings (SSSR count). The van der Waals surface area contributed by atoms with Gasteiger partial charge in [-0.15, -0.1) is 0 Å². The molecule has 7 nitrogen and oxygen atoms in total. The van der Waals surface area contributed by atoms with Gasteiger partial charge in [-0.25, -0.2) is 0 Å². The molecule has 0 unspecified atom stereocenters. The highest BCUT2D eigenvalue weighted by Crippen LogP contribution is 2.42. The predicted octanol–water partition coefficient (Wildman–Crippen LogP) is 2.84. The number of amides is 2. The molecule has 3 aromatic rings. The molecule has 2 amide bonds. The van der Waals surface area contributed by atoms with Crippen molar-refractivity contribution in [2.24, 2.45) is 5.73 Å². The first kappa shape index (κ1) is 19.6. The Hall–Kier alpha value is -3.74. The standard InChI is InChI=1S/C23H22N4O3/c1-30-18-7-8-19-15(12-18)6-9-20(19)27(23(29)17-5-3-11-26-14-17)21(22(24)28)16-4-2-10-25-13-16/h2-5,7-8,10-14,20-21H,6,9H2,1H3,(H2,24,28)/t20-,21-/m1/s1. The molecule has 1 aliphatic rings. The van der Waals surface area contributed by atoms with Gasteiger partial charge in [0.15, 0.2) is 0 Å². The number of methoxy groups -OCH3 is 1. The Balaban J connectivity index is 1.83. The number of aromatic nitrogens is 2. The fourth-order valence-electron chi connectivity index (χ4n) is 4.06. The number of rotatable bonds is 6. The van der Waals surface area contributed by atoms with Crippen LogP contribution in [0.4, 0.5) is 0 Å². The van der Waals surface area contributed by atoms with E-state index in [4.69, 9.17) is 10.5 Å². The van der Waals surface area contributed by atoms with E-state index in [2.05, 4.69) is 9.97 Å². The lowest BCUT2D eigenvalue weighted by Crippen LogP contribution is -2.43. The summed E-state index contributed by atoms with van der Waals surface area (Å²) < 4.78 is 5.34. The average Bonchev–Trinajstić information content (AvgIpc) is 3.20. The van der Waals surface area contributed by atoms with E-state index in [0.717, 1.165) is 23.3 Å². The molecule has 2 heterocycles. The first-order valence-corrected chi connectivity index (χ1v) is 9.69. The number of fused-ring (bicyclic) bond motifs is 1. The number of nitrogens with two attached hydrogens (primary N) is 1. The van der Waals surface area contributed by atoms with Gasteiger partial charge in [-0.3, -0.25) is 19.6 Å². The number of primary amides is 1. The van der Waals surface area contributed by atoms with Gasteiger partial charge in [-0.2, -0.15) is 0 Å². The second-order valence-electron chi connectivity index (χ2n) is 7.16. The summed E-state index contributed by atoms with van der Waals surface area (Å²) in [6, 6.07) is 11.4. The van der Waals surface area contributed by atoms with Crippen LogP contribution >= 0.6 is 0 Å². The Morgan fingerprint density at radius 2 is 1.90 bits per heavy atom. The predicted molar refractivity (Wildman–Crippen MR) is 111 cm³/mol. The molecule has 7 heteroatoms. The van der Waals surface area contributed by atoms with Crippen LogP contribution in [0.3, 0.4) is 0 Å². The molecule has 0 radical (unpaired) electrons. The molecule has 2 N–H and O–H groups in total. The summed E-state index contributed by atoms with van der Waals surface area (Å²) in [6.07, 6.45) is 7.74. The van der Waals surface area contributed by atoms with Gasteiger partial charge in [0.05, 0.1) is 18.7 Å². The first-order chi connectivity index (χ1) is 14.6. The van der Waals surface area contributed by atoms with Crippen LogP contribution in [0.2, 0.25) is 0 Å². The third-order valence-electron chi connectivity index (χ3n) is 5.42. The molecule has 2 aromatic heterocycles. The topological polar surface area (TPSA) is 98.4 Å². The maximum atomic E-state index is 13.6. The molecule has 0 fully saturated rings. The molecular formula is C23H22N4O3. The average molecular weight is 402 g/mol. The smallest absolute Gasteiger partial charge is 0.256 e. The lowest BCUT2D eigenvalue weighted by atomic mass is 9.99.